The molecule has 5 heteroatoms. The van der Waals surface area contributed by atoms with Gasteiger partial charge in [-0.1, -0.05) is 0 Å². The molecular weight excluding hydrogens is 198 g/mol. The molecule has 15 heavy (non-hydrogen) atoms. The van der Waals surface area contributed by atoms with Crippen LogP contribution in [0.1, 0.15) is 20.8 Å². The molecule has 5 nitrogen and oxygen atoms in total. The maximum absolute atomic E-state index is 11.4. The predicted molar refractivity (Wildman–Crippen MR) is 55.7 cm³/mol. The van der Waals surface area contributed by atoms with Crippen molar-refractivity contribution in [3.8, 4) is 0 Å². The van der Waals surface area contributed by atoms with Crippen LogP contribution in [0.5, 0.6) is 0 Å². The van der Waals surface area contributed by atoms with Gasteiger partial charge < -0.3 is 19.2 Å². The molecule has 0 aliphatic heterocycles. The molecule has 0 N–H and O–H groups in total. The molecule has 0 radical (unpaired) electrons. The number of aldehydes is 1. The number of hydrogen-bond acceptors (Lipinski definition) is 4. The number of rotatable bonds is 5. The topological polar surface area (TPSA) is 55.8 Å². The summed E-state index contributed by atoms with van der Waals surface area (Å²) in [6.07, 6.45) is 0.283. The fourth-order valence-corrected chi connectivity index (χ4v) is 0.764. The smallest absolute Gasteiger partial charge is 0.410 e. The van der Waals surface area contributed by atoms with E-state index in [9.17, 15) is 9.59 Å². The summed E-state index contributed by atoms with van der Waals surface area (Å²) in [5, 5.41) is 0. The van der Waals surface area contributed by atoms with Crippen molar-refractivity contribution in [2.24, 2.45) is 0 Å². The maximum atomic E-state index is 11.4. The lowest BCUT2D eigenvalue weighted by Gasteiger charge is -2.24. The van der Waals surface area contributed by atoms with Crippen LogP contribution in [-0.4, -0.2) is 49.7 Å². The first kappa shape index (κ1) is 13.9. The van der Waals surface area contributed by atoms with E-state index < -0.39 is 11.7 Å². The van der Waals surface area contributed by atoms with Crippen LogP contribution >= 0.6 is 0 Å². The van der Waals surface area contributed by atoms with Gasteiger partial charge in [-0.3, -0.25) is 0 Å². The Hall–Kier alpha value is -1.10. The van der Waals surface area contributed by atoms with Gasteiger partial charge in [0.05, 0.1) is 6.61 Å². The number of carbonyl (C=O) groups is 2. The van der Waals surface area contributed by atoms with Crippen molar-refractivity contribution in [3.63, 3.8) is 0 Å². The third kappa shape index (κ3) is 7.93. The quantitative estimate of drug-likeness (QED) is 0.510. The summed E-state index contributed by atoms with van der Waals surface area (Å²) in [6, 6.07) is 0. The highest BCUT2D eigenvalue weighted by atomic mass is 16.6. The number of carbonyl (C=O) groups excluding carboxylic acids is 2. The third-order valence-electron chi connectivity index (χ3n) is 1.46. The Kier molecular flexibility index (Phi) is 5.93. The molecule has 1 amide bonds. The lowest BCUT2D eigenvalue weighted by molar-refractivity contribution is -0.111. The van der Waals surface area contributed by atoms with Gasteiger partial charge in [-0.05, 0) is 20.8 Å². The van der Waals surface area contributed by atoms with Crippen LogP contribution in [0.25, 0.3) is 0 Å². The maximum Gasteiger partial charge on any atom is 0.410 e. The highest BCUT2D eigenvalue weighted by molar-refractivity contribution is 5.67. The van der Waals surface area contributed by atoms with Gasteiger partial charge in [-0.15, -0.1) is 0 Å². The standard InChI is InChI=1S/C10H19NO4/c1-10(2,3)15-9(13)11(4)5-7-14-8-6-12/h6H,5,7-8H2,1-4H3. The fraction of sp³-hybridized carbons (Fsp3) is 0.800. The zero-order valence-corrected chi connectivity index (χ0v) is 9.78. The number of nitrogens with zero attached hydrogens (tertiary/aromatic N) is 1. The first-order valence-corrected chi connectivity index (χ1v) is 4.82. The molecule has 0 rings (SSSR count). The van der Waals surface area contributed by atoms with Gasteiger partial charge in [0, 0.05) is 13.6 Å². The molecule has 0 atom stereocenters. The molecule has 88 valence electrons. The van der Waals surface area contributed by atoms with Crippen molar-refractivity contribution in [2.75, 3.05) is 26.8 Å². The van der Waals surface area contributed by atoms with Crippen LogP contribution in [0.4, 0.5) is 4.79 Å². The summed E-state index contributed by atoms with van der Waals surface area (Å²) in [5.74, 6) is 0. The lowest BCUT2D eigenvalue weighted by Crippen LogP contribution is -2.36. The van der Waals surface area contributed by atoms with Gasteiger partial charge in [0.1, 0.15) is 18.5 Å². The number of amides is 1. The molecule has 0 unspecified atom stereocenters. The van der Waals surface area contributed by atoms with Gasteiger partial charge in [0.15, 0.2) is 0 Å². The number of hydrogen-bond donors (Lipinski definition) is 0. The summed E-state index contributed by atoms with van der Waals surface area (Å²) < 4.78 is 10.0. The van der Waals surface area contributed by atoms with Gasteiger partial charge in [-0.25, -0.2) is 4.79 Å². The van der Waals surface area contributed by atoms with Crippen molar-refractivity contribution in [3.05, 3.63) is 0 Å². The first-order valence-electron chi connectivity index (χ1n) is 4.82. The average molecular weight is 217 g/mol. The van der Waals surface area contributed by atoms with E-state index in [1.54, 1.807) is 7.05 Å². The van der Waals surface area contributed by atoms with E-state index in [-0.39, 0.29) is 6.61 Å². The van der Waals surface area contributed by atoms with Gasteiger partial charge in [-0.2, -0.15) is 0 Å². The van der Waals surface area contributed by atoms with E-state index in [0.717, 1.165) is 0 Å². The number of ether oxygens (including phenoxy) is 2. The molecule has 0 spiro atoms. The van der Waals surface area contributed by atoms with Crippen molar-refractivity contribution in [2.45, 2.75) is 26.4 Å². The van der Waals surface area contributed by atoms with Crippen molar-refractivity contribution in [1.29, 1.82) is 0 Å². The monoisotopic (exact) mass is 217 g/mol. The van der Waals surface area contributed by atoms with Crippen molar-refractivity contribution < 1.29 is 19.1 Å². The molecular formula is C10H19NO4. The normalized spacial score (nSPS) is 10.9. The van der Waals surface area contributed by atoms with Gasteiger partial charge >= 0.3 is 6.09 Å². The highest BCUT2D eigenvalue weighted by Gasteiger charge is 2.18. The zero-order chi connectivity index (χ0) is 11.9. The minimum absolute atomic E-state index is 0.0577. The van der Waals surface area contributed by atoms with Crippen LogP contribution in [0.15, 0.2) is 0 Å². The van der Waals surface area contributed by atoms with Crippen LogP contribution in [0, 0.1) is 0 Å². The molecule has 0 aliphatic carbocycles. The summed E-state index contributed by atoms with van der Waals surface area (Å²) in [6.45, 7) is 6.21. The highest BCUT2D eigenvalue weighted by Crippen LogP contribution is 2.08. The molecule has 0 aromatic heterocycles. The molecule has 0 saturated carbocycles. The Morgan fingerprint density at radius 2 is 2.00 bits per heavy atom. The SMILES string of the molecule is CN(CCOCC=O)C(=O)OC(C)(C)C. The minimum Gasteiger partial charge on any atom is -0.444 e. The predicted octanol–water partition coefficient (Wildman–Crippen LogP) is 1.07. The Morgan fingerprint density at radius 1 is 1.40 bits per heavy atom. The molecule has 0 aromatic carbocycles. The fourth-order valence-electron chi connectivity index (χ4n) is 0.764. The summed E-state index contributed by atoms with van der Waals surface area (Å²) in [4.78, 5) is 22.8. The zero-order valence-electron chi connectivity index (χ0n) is 9.78. The van der Waals surface area contributed by atoms with E-state index in [1.165, 1.54) is 4.90 Å². The van der Waals surface area contributed by atoms with Crippen LogP contribution in [0.2, 0.25) is 0 Å². The van der Waals surface area contributed by atoms with Crippen LogP contribution < -0.4 is 0 Å². The van der Waals surface area contributed by atoms with Crippen LogP contribution in [0.3, 0.4) is 0 Å². The van der Waals surface area contributed by atoms with Gasteiger partial charge in [0.2, 0.25) is 0 Å². The first-order chi connectivity index (χ1) is 6.87. The molecule has 0 aromatic rings. The van der Waals surface area contributed by atoms with Crippen molar-refractivity contribution in [1.82, 2.24) is 4.90 Å². The molecule has 0 bridgehead atoms. The minimum atomic E-state index is -0.491. The molecule has 0 heterocycles. The average Bonchev–Trinajstić information content (AvgIpc) is 2.09. The van der Waals surface area contributed by atoms with E-state index in [0.29, 0.717) is 19.4 Å². The second-order valence-corrected chi connectivity index (χ2v) is 4.14. The van der Waals surface area contributed by atoms with E-state index in [4.69, 9.17) is 9.47 Å². The molecule has 0 aliphatic rings. The summed E-state index contributed by atoms with van der Waals surface area (Å²) >= 11 is 0. The number of likely N-dealkylation sites (N-methyl/N-ethyl adjacent to an activating group) is 1. The van der Waals surface area contributed by atoms with E-state index in [2.05, 4.69) is 0 Å². The molecule has 0 fully saturated rings. The van der Waals surface area contributed by atoms with E-state index >= 15 is 0 Å². The lowest BCUT2D eigenvalue weighted by atomic mass is 10.2. The summed E-state index contributed by atoms with van der Waals surface area (Å²) in [7, 11) is 1.62. The van der Waals surface area contributed by atoms with E-state index in [1.807, 2.05) is 20.8 Å². The Bertz CT molecular complexity index is 210. The Labute approximate surface area is 90.3 Å². The third-order valence-corrected chi connectivity index (χ3v) is 1.46. The largest absolute Gasteiger partial charge is 0.444 e. The second-order valence-electron chi connectivity index (χ2n) is 4.14. The second kappa shape index (κ2) is 6.40. The molecule has 0 saturated heterocycles. The van der Waals surface area contributed by atoms with Crippen LogP contribution in [-0.2, 0) is 14.3 Å². The summed E-state index contributed by atoms with van der Waals surface area (Å²) in [5.41, 5.74) is -0.491. The van der Waals surface area contributed by atoms with Gasteiger partial charge in [0.25, 0.3) is 0 Å². The Balaban J connectivity index is 3.74. The Morgan fingerprint density at radius 3 is 2.47 bits per heavy atom. The van der Waals surface area contributed by atoms with Crippen molar-refractivity contribution >= 4 is 12.4 Å².